The normalized spacial score (nSPS) is 14.4. The SMILES string of the molecule is CCCCCCCCCCCCCCCCCCCCCCCC(=O)O[C@H](COC(=O)CCCCCCCCCCCCC(C)C)COP(=O)(O)OC[C@@H](O)COP(=O)(O)OC[C@@H](COC(=O)CCCCCCCCC(C)CC)OC(=O)CCCCCCCCCC(C)C. The van der Waals surface area contributed by atoms with Gasteiger partial charge in [-0.3, -0.25) is 37.3 Å². The predicted molar refractivity (Wildman–Crippen MR) is 381 cm³/mol. The van der Waals surface area contributed by atoms with E-state index in [9.17, 15) is 43.2 Å². The number of carbonyl (C=O) groups is 4. The van der Waals surface area contributed by atoms with Crippen molar-refractivity contribution in [1.82, 2.24) is 0 Å². The maximum Gasteiger partial charge on any atom is 0.472 e. The molecule has 0 aromatic heterocycles. The largest absolute Gasteiger partial charge is 0.472 e. The van der Waals surface area contributed by atoms with Crippen LogP contribution in [0.15, 0.2) is 0 Å². The monoisotopic (exact) mass is 1380 g/mol. The second-order valence-corrected chi connectivity index (χ2v) is 31.1. The van der Waals surface area contributed by atoms with E-state index < -0.39 is 97.5 Å². The lowest BCUT2D eigenvalue weighted by molar-refractivity contribution is -0.161. The van der Waals surface area contributed by atoms with Crippen LogP contribution < -0.4 is 0 Å². The maximum atomic E-state index is 13.1. The third-order valence-electron chi connectivity index (χ3n) is 17.7. The highest BCUT2D eigenvalue weighted by molar-refractivity contribution is 7.47. The first-order chi connectivity index (χ1) is 45.3. The third-order valence-corrected chi connectivity index (χ3v) is 19.6. The molecular weight excluding hydrogens is 1230 g/mol. The van der Waals surface area contributed by atoms with Crippen LogP contribution in [0, 0.1) is 17.8 Å². The van der Waals surface area contributed by atoms with Crippen LogP contribution in [0.4, 0.5) is 0 Å². The van der Waals surface area contributed by atoms with Crippen LogP contribution in [-0.4, -0.2) is 96.7 Å². The van der Waals surface area contributed by atoms with Gasteiger partial charge >= 0.3 is 39.5 Å². The number of ether oxygens (including phenoxy) is 4. The summed E-state index contributed by atoms with van der Waals surface area (Å²) in [5.74, 6) is 0.0601. The van der Waals surface area contributed by atoms with E-state index in [4.69, 9.17) is 37.0 Å². The molecule has 0 aromatic carbocycles. The van der Waals surface area contributed by atoms with E-state index in [1.807, 2.05) is 0 Å². The lowest BCUT2D eigenvalue weighted by Crippen LogP contribution is -2.30. The van der Waals surface area contributed by atoms with E-state index in [0.717, 1.165) is 108 Å². The summed E-state index contributed by atoms with van der Waals surface area (Å²) in [5.41, 5.74) is 0. The second-order valence-electron chi connectivity index (χ2n) is 28.2. The Morgan fingerprint density at radius 3 is 0.809 bits per heavy atom. The smallest absolute Gasteiger partial charge is 0.462 e. The van der Waals surface area contributed by atoms with Crippen LogP contribution >= 0.6 is 15.6 Å². The first-order valence-electron chi connectivity index (χ1n) is 38.9. The Balaban J connectivity index is 5.19. The quantitative estimate of drug-likeness (QED) is 0.0222. The molecule has 0 rings (SSSR count). The molecule has 0 aliphatic heterocycles. The average molecular weight is 1380 g/mol. The van der Waals surface area contributed by atoms with Crippen molar-refractivity contribution in [2.45, 2.75) is 401 Å². The number of carbonyl (C=O) groups excluding carboxylic acids is 4. The number of unbranched alkanes of at least 4 members (excludes halogenated alkanes) is 40. The lowest BCUT2D eigenvalue weighted by atomic mass is 10.00. The maximum absolute atomic E-state index is 13.1. The van der Waals surface area contributed by atoms with Crippen molar-refractivity contribution in [2.75, 3.05) is 39.6 Å². The van der Waals surface area contributed by atoms with Gasteiger partial charge < -0.3 is 33.8 Å². The molecule has 0 fully saturated rings. The zero-order valence-corrected chi connectivity index (χ0v) is 63.2. The van der Waals surface area contributed by atoms with Crippen LogP contribution in [0.2, 0.25) is 0 Å². The van der Waals surface area contributed by atoms with E-state index in [0.29, 0.717) is 31.6 Å². The van der Waals surface area contributed by atoms with Gasteiger partial charge in [0.1, 0.15) is 19.3 Å². The molecule has 0 amide bonds. The van der Waals surface area contributed by atoms with Crippen LogP contribution in [0.1, 0.15) is 382 Å². The fourth-order valence-corrected chi connectivity index (χ4v) is 13.0. The van der Waals surface area contributed by atoms with Gasteiger partial charge in [-0.15, -0.1) is 0 Å². The molecule has 3 unspecified atom stereocenters. The zero-order valence-electron chi connectivity index (χ0n) is 61.4. The highest BCUT2D eigenvalue weighted by Gasteiger charge is 2.30. The molecule has 19 heteroatoms. The topological polar surface area (TPSA) is 237 Å². The number of esters is 4. The van der Waals surface area contributed by atoms with E-state index in [1.54, 1.807) is 0 Å². The molecule has 0 aliphatic rings. The Morgan fingerprint density at radius 2 is 0.543 bits per heavy atom. The van der Waals surface area contributed by atoms with E-state index in [2.05, 4.69) is 48.5 Å². The van der Waals surface area contributed by atoms with Crippen molar-refractivity contribution in [3.63, 3.8) is 0 Å². The van der Waals surface area contributed by atoms with Crippen molar-refractivity contribution in [3.05, 3.63) is 0 Å². The highest BCUT2D eigenvalue weighted by atomic mass is 31.2. The Labute approximate surface area is 575 Å². The summed E-state index contributed by atoms with van der Waals surface area (Å²) >= 11 is 0. The van der Waals surface area contributed by atoms with Gasteiger partial charge in [0.15, 0.2) is 12.2 Å². The second kappa shape index (κ2) is 65.7. The first-order valence-corrected chi connectivity index (χ1v) is 41.9. The Hall–Kier alpha value is -1.94. The number of phosphoric ester groups is 2. The van der Waals surface area contributed by atoms with Gasteiger partial charge in [-0.25, -0.2) is 9.13 Å². The summed E-state index contributed by atoms with van der Waals surface area (Å²) in [7, 11) is -9.91. The molecule has 0 saturated heterocycles. The average Bonchev–Trinajstić information content (AvgIpc) is 1.91. The lowest BCUT2D eigenvalue weighted by Gasteiger charge is -2.21. The molecule has 0 heterocycles. The van der Waals surface area contributed by atoms with Gasteiger partial charge in [0.05, 0.1) is 26.4 Å². The molecule has 3 N–H and O–H groups in total. The molecule has 17 nitrogen and oxygen atoms in total. The standard InChI is InChI=1S/C75H146O17P2/c1-8-10-11-12-13-14-15-16-17-18-19-20-21-22-23-24-25-30-35-44-51-58-74(79)91-70(62-85-72(77)56-49-42-34-29-27-26-28-32-39-46-53-66(3)4)64-89-93(81,82)87-60-69(76)61-88-94(83,84)90-65-71(92-75(80)59-52-45-36-31-33-40-47-54-67(5)6)63-86-73(78)57-50-43-38-37-41-48-55-68(7)9-2/h66-71,76H,8-65H2,1-7H3,(H,81,82)(H,83,84)/t68?,69-,70-,71-/m1/s1. The summed E-state index contributed by atoms with van der Waals surface area (Å²) in [6.07, 6.45) is 51.7. The van der Waals surface area contributed by atoms with Crippen molar-refractivity contribution < 1.29 is 80.2 Å². The van der Waals surface area contributed by atoms with Crippen LogP contribution in [0.5, 0.6) is 0 Å². The Bertz CT molecular complexity index is 1840. The molecule has 0 spiro atoms. The molecule has 0 radical (unpaired) electrons. The number of phosphoric acid groups is 2. The fourth-order valence-electron chi connectivity index (χ4n) is 11.4. The third kappa shape index (κ3) is 67.3. The van der Waals surface area contributed by atoms with Crippen molar-refractivity contribution in [2.24, 2.45) is 17.8 Å². The number of aliphatic hydroxyl groups is 1. The summed E-state index contributed by atoms with van der Waals surface area (Å²) in [6, 6.07) is 0. The van der Waals surface area contributed by atoms with Crippen LogP contribution in [0.3, 0.4) is 0 Å². The Kier molecular flexibility index (Phi) is 64.3. The Morgan fingerprint density at radius 1 is 0.309 bits per heavy atom. The van der Waals surface area contributed by atoms with E-state index >= 15 is 0 Å². The van der Waals surface area contributed by atoms with E-state index in [-0.39, 0.29) is 25.7 Å². The van der Waals surface area contributed by atoms with Gasteiger partial charge in [0.2, 0.25) is 0 Å². The molecule has 94 heavy (non-hydrogen) atoms. The summed E-state index contributed by atoms with van der Waals surface area (Å²) in [5, 5.41) is 10.6. The minimum absolute atomic E-state index is 0.102. The van der Waals surface area contributed by atoms with Gasteiger partial charge in [-0.1, -0.05) is 331 Å². The zero-order chi connectivity index (χ0) is 69.4. The van der Waals surface area contributed by atoms with Gasteiger partial charge in [-0.05, 0) is 43.4 Å². The van der Waals surface area contributed by atoms with E-state index in [1.165, 1.54) is 186 Å². The molecule has 0 bridgehead atoms. The molecule has 558 valence electrons. The number of aliphatic hydroxyl groups excluding tert-OH is 1. The molecule has 0 aromatic rings. The predicted octanol–water partition coefficient (Wildman–Crippen LogP) is 21.8. The van der Waals surface area contributed by atoms with Crippen LogP contribution in [0.25, 0.3) is 0 Å². The van der Waals surface area contributed by atoms with Crippen molar-refractivity contribution >= 4 is 39.5 Å². The van der Waals surface area contributed by atoms with Crippen molar-refractivity contribution in [3.8, 4) is 0 Å². The molecule has 0 aliphatic carbocycles. The van der Waals surface area contributed by atoms with Crippen molar-refractivity contribution in [1.29, 1.82) is 0 Å². The van der Waals surface area contributed by atoms with Gasteiger partial charge in [-0.2, -0.15) is 0 Å². The first kappa shape index (κ1) is 92.1. The molecular formula is C75H146O17P2. The van der Waals surface area contributed by atoms with Gasteiger partial charge in [0.25, 0.3) is 0 Å². The summed E-state index contributed by atoms with van der Waals surface area (Å²) in [4.78, 5) is 72.7. The molecule has 6 atom stereocenters. The minimum atomic E-state index is -4.96. The fraction of sp³-hybridized carbons (Fsp3) is 0.947. The number of hydrogen-bond donors (Lipinski definition) is 3. The molecule has 0 saturated carbocycles. The van der Waals surface area contributed by atoms with Gasteiger partial charge in [0, 0.05) is 25.7 Å². The minimum Gasteiger partial charge on any atom is -0.462 e. The highest BCUT2D eigenvalue weighted by Crippen LogP contribution is 2.45. The summed E-state index contributed by atoms with van der Waals surface area (Å²) in [6.45, 7) is 11.8. The number of hydrogen-bond acceptors (Lipinski definition) is 15. The van der Waals surface area contributed by atoms with Crippen LogP contribution in [-0.2, 0) is 65.4 Å². The summed E-state index contributed by atoms with van der Waals surface area (Å²) < 4.78 is 68.4. The number of rotatable bonds is 73.